The maximum Gasteiger partial charge on any atom is 0.336 e. The molecular formula is C22H19ClO7. The highest BCUT2D eigenvalue weighted by atomic mass is 35.5. The molecular weight excluding hydrogens is 412 g/mol. The second-order valence-electron chi connectivity index (χ2n) is 6.75. The smallest absolute Gasteiger partial charge is 0.336 e. The van der Waals surface area contributed by atoms with Crippen molar-refractivity contribution in [1.29, 1.82) is 0 Å². The minimum atomic E-state index is -0.531. The van der Waals surface area contributed by atoms with Crippen LogP contribution in [0.3, 0.4) is 0 Å². The summed E-state index contributed by atoms with van der Waals surface area (Å²) < 4.78 is 27.0. The highest BCUT2D eigenvalue weighted by Gasteiger charge is 2.17. The molecule has 0 N–H and O–H groups in total. The van der Waals surface area contributed by atoms with E-state index in [2.05, 4.69) is 0 Å². The van der Waals surface area contributed by atoms with Gasteiger partial charge in [0.15, 0.2) is 11.5 Å². The average Bonchev–Trinajstić information content (AvgIpc) is 2.97. The number of hydrogen-bond donors (Lipinski definition) is 0. The largest absolute Gasteiger partial charge is 0.497 e. The molecule has 3 aromatic rings. The van der Waals surface area contributed by atoms with Gasteiger partial charge in [-0.1, -0.05) is 11.6 Å². The van der Waals surface area contributed by atoms with Gasteiger partial charge in [-0.25, -0.2) is 4.79 Å². The van der Waals surface area contributed by atoms with Gasteiger partial charge < -0.3 is 23.4 Å². The Bertz CT molecular complexity index is 1150. The summed E-state index contributed by atoms with van der Waals surface area (Å²) in [7, 11) is 1.52. The Balaban J connectivity index is 1.49. The summed E-state index contributed by atoms with van der Waals surface area (Å²) in [5.41, 5.74) is 1.03. The number of benzene rings is 2. The molecule has 4 rings (SSSR count). The van der Waals surface area contributed by atoms with Crippen LogP contribution in [0.1, 0.15) is 17.5 Å². The van der Waals surface area contributed by atoms with Crippen LogP contribution in [-0.2, 0) is 22.6 Å². The number of ether oxygens (including phenoxy) is 4. The number of halogens is 1. The second kappa shape index (κ2) is 8.67. The molecule has 2 heterocycles. The van der Waals surface area contributed by atoms with E-state index in [1.165, 1.54) is 13.2 Å². The van der Waals surface area contributed by atoms with E-state index in [-0.39, 0.29) is 13.0 Å². The van der Waals surface area contributed by atoms with Crippen LogP contribution < -0.4 is 19.8 Å². The number of carbonyl (C=O) groups excluding carboxylic acids is 1. The molecule has 0 radical (unpaired) electrons. The molecule has 156 valence electrons. The first-order valence-electron chi connectivity index (χ1n) is 9.38. The summed E-state index contributed by atoms with van der Waals surface area (Å²) in [5.74, 6) is 1.11. The van der Waals surface area contributed by atoms with E-state index in [0.717, 1.165) is 6.42 Å². The quantitative estimate of drug-likeness (QED) is 0.448. The summed E-state index contributed by atoms with van der Waals surface area (Å²) in [5, 5.41) is 1.06. The molecule has 1 aliphatic heterocycles. The predicted molar refractivity (Wildman–Crippen MR) is 110 cm³/mol. The Hall–Kier alpha value is -3.19. The molecule has 0 atom stereocenters. The summed E-state index contributed by atoms with van der Waals surface area (Å²) in [6.45, 7) is 0.982. The van der Waals surface area contributed by atoms with Crippen molar-refractivity contribution in [3.8, 4) is 17.2 Å². The zero-order valence-electron chi connectivity index (χ0n) is 16.2. The third-order valence-corrected chi connectivity index (χ3v) is 4.92. The third-order valence-electron chi connectivity index (χ3n) is 4.64. The van der Waals surface area contributed by atoms with E-state index in [4.69, 9.17) is 35.0 Å². The van der Waals surface area contributed by atoms with Crippen LogP contribution >= 0.6 is 11.6 Å². The molecule has 0 amide bonds. The van der Waals surface area contributed by atoms with Crippen molar-refractivity contribution in [2.75, 3.05) is 20.3 Å². The van der Waals surface area contributed by atoms with Crippen molar-refractivity contribution < 1.29 is 28.2 Å². The molecule has 30 heavy (non-hydrogen) atoms. The van der Waals surface area contributed by atoms with Gasteiger partial charge >= 0.3 is 11.6 Å². The maximum atomic E-state index is 12.4. The van der Waals surface area contributed by atoms with Crippen LogP contribution in [0, 0.1) is 0 Å². The topological polar surface area (TPSA) is 84.2 Å². The third kappa shape index (κ3) is 4.36. The lowest BCUT2D eigenvalue weighted by atomic mass is 10.1. The molecule has 8 heteroatoms. The van der Waals surface area contributed by atoms with Gasteiger partial charge in [0.2, 0.25) is 0 Å². The molecule has 0 spiro atoms. The van der Waals surface area contributed by atoms with Gasteiger partial charge in [-0.3, -0.25) is 4.79 Å². The molecule has 0 aliphatic carbocycles. The van der Waals surface area contributed by atoms with E-state index in [0.29, 0.717) is 57.6 Å². The van der Waals surface area contributed by atoms with Gasteiger partial charge in [0.05, 0.1) is 31.8 Å². The van der Waals surface area contributed by atoms with E-state index in [9.17, 15) is 9.59 Å². The first-order chi connectivity index (χ1) is 14.5. The predicted octanol–water partition coefficient (Wildman–Crippen LogP) is 3.90. The van der Waals surface area contributed by atoms with E-state index in [1.807, 2.05) is 0 Å². The molecule has 2 aromatic carbocycles. The van der Waals surface area contributed by atoms with Gasteiger partial charge in [-0.05, 0) is 29.8 Å². The van der Waals surface area contributed by atoms with Crippen LogP contribution in [0.25, 0.3) is 11.0 Å². The Morgan fingerprint density at radius 1 is 1.13 bits per heavy atom. The van der Waals surface area contributed by atoms with Crippen molar-refractivity contribution >= 4 is 28.5 Å². The molecule has 0 unspecified atom stereocenters. The Labute approximate surface area is 177 Å². The van der Waals surface area contributed by atoms with Crippen LogP contribution in [0.4, 0.5) is 0 Å². The van der Waals surface area contributed by atoms with Crippen molar-refractivity contribution in [2.45, 2.75) is 19.4 Å². The molecule has 0 fully saturated rings. The van der Waals surface area contributed by atoms with Crippen molar-refractivity contribution in [1.82, 2.24) is 0 Å². The molecule has 7 nitrogen and oxygen atoms in total. The summed E-state index contributed by atoms with van der Waals surface area (Å²) >= 11 is 6.27. The molecule has 1 aliphatic rings. The molecule has 0 saturated carbocycles. The number of rotatable bonds is 5. The fraction of sp³-hybridized carbons (Fsp3) is 0.273. The number of methoxy groups -OCH3 is 1. The van der Waals surface area contributed by atoms with Crippen LogP contribution in [0.15, 0.2) is 45.6 Å². The zero-order chi connectivity index (χ0) is 21.1. The molecule has 0 saturated heterocycles. The average molecular weight is 431 g/mol. The summed E-state index contributed by atoms with van der Waals surface area (Å²) in [4.78, 5) is 24.2. The van der Waals surface area contributed by atoms with Crippen molar-refractivity contribution in [2.24, 2.45) is 0 Å². The Morgan fingerprint density at radius 2 is 1.97 bits per heavy atom. The Morgan fingerprint density at radius 3 is 2.80 bits per heavy atom. The van der Waals surface area contributed by atoms with E-state index < -0.39 is 11.6 Å². The van der Waals surface area contributed by atoms with E-state index in [1.54, 1.807) is 30.3 Å². The van der Waals surface area contributed by atoms with Crippen LogP contribution in [-0.4, -0.2) is 26.3 Å². The molecule has 0 bridgehead atoms. The molecule has 1 aromatic heterocycles. The SMILES string of the molecule is COc1ccc2c(COC(=O)Cc3cc(Cl)c4c(c3)OCCCO4)cc(=O)oc2c1. The maximum absolute atomic E-state index is 12.4. The fourth-order valence-electron chi connectivity index (χ4n) is 3.22. The first-order valence-corrected chi connectivity index (χ1v) is 9.75. The fourth-order valence-corrected chi connectivity index (χ4v) is 3.51. The zero-order valence-corrected chi connectivity index (χ0v) is 17.0. The van der Waals surface area contributed by atoms with Gasteiger partial charge in [0.1, 0.15) is 17.9 Å². The normalized spacial score (nSPS) is 13.0. The monoisotopic (exact) mass is 430 g/mol. The van der Waals surface area contributed by atoms with Gasteiger partial charge in [0.25, 0.3) is 0 Å². The van der Waals surface area contributed by atoms with Gasteiger partial charge in [-0.2, -0.15) is 0 Å². The van der Waals surface area contributed by atoms with Gasteiger partial charge in [-0.15, -0.1) is 0 Å². The van der Waals surface area contributed by atoms with Crippen LogP contribution in [0.5, 0.6) is 17.2 Å². The van der Waals surface area contributed by atoms with Crippen LogP contribution in [0.2, 0.25) is 5.02 Å². The minimum Gasteiger partial charge on any atom is -0.497 e. The number of hydrogen-bond acceptors (Lipinski definition) is 7. The van der Waals surface area contributed by atoms with E-state index >= 15 is 0 Å². The Kier molecular flexibility index (Phi) is 5.81. The minimum absolute atomic E-state index is 0.00353. The summed E-state index contributed by atoms with van der Waals surface area (Å²) in [6.07, 6.45) is 0.761. The first kappa shape index (κ1) is 20.1. The highest BCUT2D eigenvalue weighted by molar-refractivity contribution is 6.32. The number of esters is 1. The lowest BCUT2D eigenvalue weighted by molar-refractivity contribution is -0.144. The number of carbonyl (C=O) groups is 1. The van der Waals surface area contributed by atoms with Gasteiger partial charge in [0, 0.05) is 29.5 Å². The summed E-state index contributed by atoms with van der Waals surface area (Å²) in [6, 6.07) is 9.81. The standard InChI is InChI=1S/C22H19ClO7/c1-26-15-3-4-16-14(10-21(25)30-18(16)11-15)12-29-20(24)9-13-7-17(23)22-19(8-13)27-5-2-6-28-22/h3-4,7-8,10-11H,2,5-6,9,12H2,1H3. The highest BCUT2D eigenvalue weighted by Crippen LogP contribution is 2.38. The van der Waals surface area contributed by atoms with Crippen molar-refractivity contribution in [3.63, 3.8) is 0 Å². The van der Waals surface area contributed by atoms with Crippen molar-refractivity contribution in [3.05, 3.63) is 63.0 Å². The lowest BCUT2D eigenvalue weighted by Gasteiger charge is -2.12. The number of fused-ring (bicyclic) bond motifs is 2. The lowest BCUT2D eigenvalue weighted by Crippen LogP contribution is -2.10. The second-order valence-corrected chi connectivity index (χ2v) is 7.15.